The molecular weight excluding hydrogens is 436 g/mol. The standard InChI is InChI=1S/C35H60O/c1-3-5-7-8-10-13-31-15-17-32(18-16-31)14-11-29-36-35-27-25-34(26-28-35)24-23-33-21-19-30(20-22-33)12-9-6-4-2/h25-28,30-33H,3-24,29H2,1-2H3/t30-,31-,32-,33-. The van der Waals surface area contributed by atoms with Crippen LogP contribution < -0.4 is 4.74 Å². The summed E-state index contributed by atoms with van der Waals surface area (Å²) in [5, 5.41) is 0. The van der Waals surface area contributed by atoms with Gasteiger partial charge in [0.2, 0.25) is 0 Å². The van der Waals surface area contributed by atoms with E-state index in [-0.39, 0.29) is 0 Å². The van der Waals surface area contributed by atoms with Gasteiger partial charge in [0.1, 0.15) is 5.75 Å². The molecule has 0 radical (unpaired) electrons. The smallest absolute Gasteiger partial charge is 0.119 e. The topological polar surface area (TPSA) is 9.23 Å². The summed E-state index contributed by atoms with van der Waals surface area (Å²) in [7, 11) is 0. The van der Waals surface area contributed by atoms with Gasteiger partial charge in [-0.3, -0.25) is 0 Å². The summed E-state index contributed by atoms with van der Waals surface area (Å²) in [5.41, 5.74) is 1.49. The largest absolute Gasteiger partial charge is 0.494 e. The summed E-state index contributed by atoms with van der Waals surface area (Å²) < 4.78 is 6.10. The second-order valence-corrected chi connectivity index (χ2v) is 12.6. The second kappa shape index (κ2) is 18.3. The molecule has 2 fully saturated rings. The van der Waals surface area contributed by atoms with E-state index in [1.54, 1.807) is 0 Å². The van der Waals surface area contributed by atoms with Crippen LogP contribution in [0, 0.1) is 23.7 Å². The first-order chi connectivity index (χ1) is 17.8. The third kappa shape index (κ3) is 12.0. The van der Waals surface area contributed by atoms with Crippen LogP contribution in [-0.4, -0.2) is 6.61 Å². The Labute approximate surface area is 225 Å². The van der Waals surface area contributed by atoms with Crippen LogP contribution in [0.5, 0.6) is 5.75 Å². The molecule has 36 heavy (non-hydrogen) atoms. The first-order valence-electron chi connectivity index (χ1n) is 16.5. The van der Waals surface area contributed by atoms with Gasteiger partial charge in [0, 0.05) is 0 Å². The number of unbranched alkanes of at least 4 members (excludes halogenated alkanes) is 6. The normalized spacial score (nSPS) is 24.6. The van der Waals surface area contributed by atoms with Crippen molar-refractivity contribution in [1.82, 2.24) is 0 Å². The van der Waals surface area contributed by atoms with Gasteiger partial charge in [0.25, 0.3) is 0 Å². The fourth-order valence-corrected chi connectivity index (χ4v) is 7.02. The molecule has 206 valence electrons. The minimum absolute atomic E-state index is 0.887. The zero-order valence-corrected chi connectivity index (χ0v) is 24.3. The maximum atomic E-state index is 6.10. The minimum atomic E-state index is 0.887. The van der Waals surface area contributed by atoms with Crippen LogP contribution in [0.4, 0.5) is 0 Å². The molecule has 0 atom stereocenters. The number of benzene rings is 1. The maximum Gasteiger partial charge on any atom is 0.119 e. The van der Waals surface area contributed by atoms with Crippen LogP contribution in [0.2, 0.25) is 0 Å². The Morgan fingerprint density at radius 2 is 0.972 bits per heavy atom. The molecular formula is C35H60O. The lowest BCUT2D eigenvalue weighted by Gasteiger charge is -2.28. The molecule has 1 nitrogen and oxygen atoms in total. The number of ether oxygens (including phenoxy) is 1. The van der Waals surface area contributed by atoms with E-state index in [1.807, 2.05) is 0 Å². The van der Waals surface area contributed by atoms with E-state index in [9.17, 15) is 0 Å². The lowest BCUT2D eigenvalue weighted by molar-refractivity contribution is 0.228. The van der Waals surface area contributed by atoms with Crippen LogP contribution in [-0.2, 0) is 6.42 Å². The van der Waals surface area contributed by atoms with Gasteiger partial charge in [0.15, 0.2) is 0 Å². The van der Waals surface area contributed by atoms with E-state index in [1.165, 1.54) is 147 Å². The van der Waals surface area contributed by atoms with Gasteiger partial charge in [0.05, 0.1) is 6.61 Å². The third-order valence-electron chi connectivity index (χ3n) is 9.65. The number of rotatable bonds is 18. The molecule has 2 saturated carbocycles. The van der Waals surface area contributed by atoms with Crippen molar-refractivity contribution in [3.05, 3.63) is 29.8 Å². The highest BCUT2D eigenvalue weighted by molar-refractivity contribution is 5.27. The maximum absolute atomic E-state index is 6.10. The molecule has 0 aliphatic heterocycles. The van der Waals surface area contributed by atoms with Crippen molar-refractivity contribution in [3.63, 3.8) is 0 Å². The van der Waals surface area contributed by atoms with E-state index in [4.69, 9.17) is 4.74 Å². The van der Waals surface area contributed by atoms with Crippen LogP contribution in [0.25, 0.3) is 0 Å². The molecule has 0 aromatic heterocycles. The van der Waals surface area contributed by atoms with Gasteiger partial charge in [-0.25, -0.2) is 0 Å². The first-order valence-corrected chi connectivity index (χ1v) is 16.5. The van der Waals surface area contributed by atoms with Gasteiger partial charge < -0.3 is 4.74 Å². The first kappa shape index (κ1) is 29.6. The summed E-state index contributed by atoms with van der Waals surface area (Å²) >= 11 is 0. The molecule has 1 heteroatoms. The van der Waals surface area contributed by atoms with Crippen LogP contribution >= 0.6 is 0 Å². The van der Waals surface area contributed by atoms with Gasteiger partial charge in [-0.05, 0) is 67.1 Å². The van der Waals surface area contributed by atoms with Gasteiger partial charge in [-0.15, -0.1) is 0 Å². The van der Waals surface area contributed by atoms with Crippen molar-refractivity contribution in [2.45, 2.75) is 155 Å². The Hall–Kier alpha value is -0.980. The molecule has 0 saturated heterocycles. The van der Waals surface area contributed by atoms with E-state index >= 15 is 0 Å². The molecule has 0 unspecified atom stereocenters. The fourth-order valence-electron chi connectivity index (χ4n) is 7.02. The number of hydrogen-bond donors (Lipinski definition) is 0. The second-order valence-electron chi connectivity index (χ2n) is 12.6. The quantitative estimate of drug-likeness (QED) is 0.184. The molecule has 0 bridgehead atoms. The molecule has 3 rings (SSSR count). The molecule has 0 spiro atoms. The average molecular weight is 497 g/mol. The van der Waals surface area contributed by atoms with E-state index in [2.05, 4.69) is 38.1 Å². The Morgan fingerprint density at radius 3 is 1.53 bits per heavy atom. The molecule has 2 aliphatic rings. The summed E-state index contributed by atoms with van der Waals surface area (Å²) in [5.74, 6) is 5.05. The van der Waals surface area contributed by atoms with Crippen molar-refractivity contribution in [2.75, 3.05) is 6.61 Å². The zero-order chi connectivity index (χ0) is 25.3. The summed E-state index contributed by atoms with van der Waals surface area (Å²) in [6.45, 7) is 5.51. The highest BCUT2D eigenvalue weighted by Crippen LogP contribution is 2.35. The fraction of sp³-hybridized carbons (Fsp3) is 0.829. The summed E-state index contributed by atoms with van der Waals surface area (Å²) in [4.78, 5) is 0. The van der Waals surface area contributed by atoms with Crippen LogP contribution in [0.15, 0.2) is 24.3 Å². The Balaban J connectivity index is 1.19. The highest BCUT2D eigenvalue weighted by Gasteiger charge is 2.21. The van der Waals surface area contributed by atoms with Crippen molar-refractivity contribution in [1.29, 1.82) is 0 Å². The minimum Gasteiger partial charge on any atom is -0.494 e. The van der Waals surface area contributed by atoms with Crippen molar-refractivity contribution in [2.24, 2.45) is 23.7 Å². The van der Waals surface area contributed by atoms with E-state index in [0.717, 1.165) is 36.0 Å². The van der Waals surface area contributed by atoms with Gasteiger partial charge in [-0.2, -0.15) is 0 Å². The van der Waals surface area contributed by atoms with Gasteiger partial charge >= 0.3 is 0 Å². The highest BCUT2D eigenvalue weighted by atomic mass is 16.5. The lowest BCUT2D eigenvalue weighted by atomic mass is 9.78. The summed E-state index contributed by atoms with van der Waals surface area (Å²) in [6, 6.07) is 9.06. The zero-order valence-electron chi connectivity index (χ0n) is 24.3. The molecule has 1 aromatic rings. The summed E-state index contributed by atoms with van der Waals surface area (Å²) in [6.07, 6.45) is 31.4. The molecule has 0 amide bonds. The molecule has 2 aliphatic carbocycles. The lowest BCUT2D eigenvalue weighted by Crippen LogP contribution is -2.15. The third-order valence-corrected chi connectivity index (χ3v) is 9.65. The monoisotopic (exact) mass is 496 g/mol. The number of aryl methyl sites for hydroxylation is 1. The van der Waals surface area contributed by atoms with E-state index in [0.29, 0.717) is 0 Å². The number of hydrogen-bond acceptors (Lipinski definition) is 1. The van der Waals surface area contributed by atoms with Crippen LogP contribution in [0.1, 0.15) is 154 Å². The SMILES string of the molecule is CCCCCCC[C@H]1CC[C@H](CCCOc2ccc(CC[C@H]3CC[C@H](CCCCC)CC3)cc2)CC1. The Morgan fingerprint density at radius 1 is 0.528 bits per heavy atom. The Kier molecular flexibility index (Phi) is 15.0. The molecule has 0 heterocycles. The van der Waals surface area contributed by atoms with Crippen molar-refractivity contribution >= 4 is 0 Å². The van der Waals surface area contributed by atoms with Crippen molar-refractivity contribution < 1.29 is 4.74 Å². The van der Waals surface area contributed by atoms with E-state index < -0.39 is 0 Å². The Bertz CT molecular complexity index is 633. The van der Waals surface area contributed by atoms with Crippen LogP contribution in [0.3, 0.4) is 0 Å². The van der Waals surface area contributed by atoms with Crippen molar-refractivity contribution in [3.8, 4) is 5.75 Å². The molecule has 0 N–H and O–H groups in total. The predicted octanol–water partition coefficient (Wildman–Crippen LogP) is 11.3. The predicted molar refractivity (Wildman–Crippen MR) is 158 cm³/mol. The van der Waals surface area contributed by atoms with Gasteiger partial charge in [-0.1, -0.05) is 142 Å². The average Bonchev–Trinajstić information content (AvgIpc) is 2.92. The molecule has 1 aromatic carbocycles.